The highest BCUT2D eigenvalue weighted by molar-refractivity contribution is 5.92. The number of aryl methyl sites for hydroxylation is 1. The number of aliphatic imine (C=N–C) groups is 1. The molecule has 0 amide bonds. The first-order valence-electron chi connectivity index (χ1n) is 19.0. The van der Waals surface area contributed by atoms with E-state index in [9.17, 15) is 0 Å². The summed E-state index contributed by atoms with van der Waals surface area (Å²) in [6.07, 6.45) is 10.4. The van der Waals surface area contributed by atoms with Gasteiger partial charge in [-0.25, -0.2) is 22.5 Å². The van der Waals surface area contributed by atoms with Crippen LogP contribution in [0.5, 0.6) is 0 Å². The molecule has 4 saturated heterocycles. The lowest BCUT2D eigenvalue weighted by Crippen LogP contribution is -2.32. The van der Waals surface area contributed by atoms with E-state index in [4.69, 9.17) is 9.98 Å². The molecule has 268 valence electrons. The first-order valence-corrected chi connectivity index (χ1v) is 19.0. The number of piperidine rings is 1. The standard InChI is InChI=1S/C40H45F4N7/c41-27-17-23-7-4-8-32(31-9-5-13-45-31)47-34(23)20-25(27)37-11-12-38(26-21-35-36(22-28(26)42)49-40(48-35)33-10-6-14-46-33)51(37)24-18-29(43)39(30(44)19-24)50-15-2-1-3-16-50/h17-22,31,33,37-38,45-46H,1-16H2,(H,48,49). The van der Waals surface area contributed by atoms with E-state index in [0.717, 1.165) is 100 Å². The van der Waals surface area contributed by atoms with Crippen LogP contribution in [0.4, 0.5) is 34.6 Å². The second-order valence-corrected chi connectivity index (χ2v) is 15.1. The van der Waals surface area contributed by atoms with Gasteiger partial charge in [-0.3, -0.25) is 4.99 Å². The fourth-order valence-electron chi connectivity index (χ4n) is 9.38. The van der Waals surface area contributed by atoms with Crippen LogP contribution in [-0.2, 0) is 6.42 Å². The smallest absolute Gasteiger partial charge is 0.151 e. The van der Waals surface area contributed by atoms with Crippen LogP contribution >= 0.6 is 0 Å². The molecule has 7 nitrogen and oxygen atoms in total. The molecule has 0 bridgehead atoms. The summed E-state index contributed by atoms with van der Waals surface area (Å²) in [4.78, 5) is 16.8. The third-order valence-electron chi connectivity index (χ3n) is 11.9. The Labute approximate surface area is 295 Å². The van der Waals surface area contributed by atoms with Gasteiger partial charge in [0.15, 0.2) is 11.6 Å². The summed E-state index contributed by atoms with van der Waals surface area (Å²) in [5.41, 5.74) is 5.02. The van der Waals surface area contributed by atoms with Crippen LogP contribution in [0, 0.1) is 23.3 Å². The number of nitrogens with one attached hydrogen (secondary N) is 3. The number of nitrogens with zero attached hydrogens (tertiary/aromatic N) is 4. The Morgan fingerprint density at radius 3 is 2.04 bits per heavy atom. The quantitative estimate of drug-likeness (QED) is 0.176. The Bertz CT molecular complexity index is 1950. The van der Waals surface area contributed by atoms with E-state index in [0.29, 0.717) is 48.1 Å². The third kappa shape index (κ3) is 6.09. The zero-order chi connectivity index (χ0) is 34.6. The first kappa shape index (κ1) is 32.9. The summed E-state index contributed by atoms with van der Waals surface area (Å²) in [7, 11) is 0. The van der Waals surface area contributed by atoms with Crippen molar-refractivity contribution < 1.29 is 17.6 Å². The lowest BCUT2D eigenvalue weighted by atomic mass is 9.98. The molecule has 5 aliphatic rings. The predicted molar refractivity (Wildman–Crippen MR) is 193 cm³/mol. The largest absolute Gasteiger partial charge is 0.367 e. The molecule has 9 rings (SSSR count). The van der Waals surface area contributed by atoms with E-state index in [-0.39, 0.29) is 29.3 Å². The Hall–Kier alpha value is -3.96. The van der Waals surface area contributed by atoms with Crippen molar-refractivity contribution in [3.8, 4) is 0 Å². The van der Waals surface area contributed by atoms with E-state index < -0.39 is 29.5 Å². The van der Waals surface area contributed by atoms with Gasteiger partial charge in [-0.05, 0) is 126 Å². The van der Waals surface area contributed by atoms with Gasteiger partial charge in [-0.1, -0.05) is 0 Å². The Kier molecular flexibility index (Phi) is 8.74. The number of hydrogen-bond donors (Lipinski definition) is 3. The van der Waals surface area contributed by atoms with Gasteiger partial charge in [0.1, 0.15) is 23.1 Å². The van der Waals surface area contributed by atoms with Crippen molar-refractivity contribution >= 4 is 33.8 Å². The molecule has 4 aromatic rings. The van der Waals surface area contributed by atoms with Crippen molar-refractivity contribution in [2.24, 2.45) is 4.99 Å². The zero-order valence-corrected chi connectivity index (χ0v) is 28.9. The molecule has 5 aliphatic heterocycles. The molecule has 0 saturated carbocycles. The molecule has 51 heavy (non-hydrogen) atoms. The van der Waals surface area contributed by atoms with Gasteiger partial charge in [0.25, 0.3) is 0 Å². The van der Waals surface area contributed by atoms with Crippen LogP contribution in [0.25, 0.3) is 11.0 Å². The van der Waals surface area contributed by atoms with Crippen LogP contribution in [0.15, 0.2) is 41.4 Å². The van der Waals surface area contributed by atoms with Crippen LogP contribution in [-0.4, -0.2) is 47.9 Å². The molecule has 11 heteroatoms. The number of rotatable bonds is 6. The third-order valence-corrected chi connectivity index (χ3v) is 11.9. The molecule has 1 aromatic heterocycles. The lowest BCUT2D eigenvalue weighted by Gasteiger charge is -2.35. The van der Waals surface area contributed by atoms with Crippen molar-refractivity contribution in [2.75, 3.05) is 36.0 Å². The van der Waals surface area contributed by atoms with E-state index in [1.165, 1.54) is 18.2 Å². The second kappa shape index (κ2) is 13.5. The second-order valence-electron chi connectivity index (χ2n) is 15.1. The molecule has 3 aromatic carbocycles. The molecular weight excluding hydrogens is 654 g/mol. The number of anilines is 2. The molecule has 0 spiro atoms. The van der Waals surface area contributed by atoms with Gasteiger partial charge in [-0.2, -0.15) is 0 Å². The van der Waals surface area contributed by atoms with Gasteiger partial charge >= 0.3 is 0 Å². The fourth-order valence-corrected chi connectivity index (χ4v) is 9.38. The summed E-state index contributed by atoms with van der Waals surface area (Å²) in [6.45, 7) is 3.06. The summed E-state index contributed by atoms with van der Waals surface area (Å²) in [6, 6.07) is 8.51. The molecule has 4 fully saturated rings. The van der Waals surface area contributed by atoms with E-state index in [1.54, 1.807) is 17.0 Å². The topological polar surface area (TPSA) is 71.6 Å². The molecule has 4 unspecified atom stereocenters. The van der Waals surface area contributed by atoms with Crippen LogP contribution in [0.2, 0.25) is 0 Å². The lowest BCUT2D eigenvalue weighted by molar-refractivity contribution is 0.527. The fraction of sp³-hybridized carbons (Fsp3) is 0.500. The number of H-pyrrole nitrogens is 1. The minimum absolute atomic E-state index is 0.0255. The number of aromatic nitrogens is 2. The normalized spacial score (nSPS) is 25.5. The van der Waals surface area contributed by atoms with Crippen LogP contribution < -0.4 is 20.4 Å². The maximum atomic E-state index is 16.3. The highest BCUT2D eigenvalue weighted by Crippen LogP contribution is 2.50. The molecule has 0 aliphatic carbocycles. The zero-order valence-electron chi connectivity index (χ0n) is 28.9. The number of hydrogen-bond acceptors (Lipinski definition) is 6. The highest BCUT2D eigenvalue weighted by atomic mass is 19.1. The van der Waals surface area contributed by atoms with Gasteiger partial charge < -0.3 is 25.4 Å². The van der Waals surface area contributed by atoms with E-state index in [2.05, 4.69) is 15.6 Å². The predicted octanol–water partition coefficient (Wildman–Crippen LogP) is 8.78. The summed E-state index contributed by atoms with van der Waals surface area (Å²) in [5.74, 6) is -1.35. The number of fused-ring (bicyclic) bond motifs is 2. The Morgan fingerprint density at radius 1 is 0.647 bits per heavy atom. The molecule has 0 radical (unpaired) electrons. The molecule has 4 atom stereocenters. The molecule has 3 N–H and O–H groups in total. The van der Waals surface area contributed by atoms with Gasteiger partial charge in [0, 0.05) is 47.7 Å². The maximum absolute atomic E-state index is 16.3. The van der Waals surface area contributed by atoms with Crippen molar-refractivity contribution in [1.82, 2.24) is 20.6 Å². The number of halogens is 4. The minimum Gasteiger partial charge on any atom is -0.367 e. The van der Waals surface area contributed by atoms with Crippen molar-refractivity contribution in [3.63, 3.8) is 0 Å². The average Bonchev–Trinajstić information content (AvgIpc) is 3.95. The van der Waals surface area contributed by atoms with E-state index in [1.807, 2.05) is 11.0 Å². The van der Waals surface area contributed by atoms with Gasteiger partial charge in [0.2, 0.25) is 0 Å². The first-order chi connectivity index (χ1) is 24.9. The summed E-state index contributed by atoms with van der Waals surface area (Å²) < 4.78 is 64.8. The van der Waals surface area contributed by atoms with Crippen molar-refractivity contribution in [2.45, 2.75) is 101 Å². The monoisotopic (exact) mass is 699 g/mol. The number of benzene rings is 3. The van der Waals surface area contributed by atoms with Crippen LogP contribution in [0.3, 0.4) is 0 Å². The number of aromatic amines is 1. The molecular formula is C40H45F4N7. The minimum atomic E-state index is -0.657. The highest BCUT2D eigenvalue weighted by Gasteiger charge is 2.40. The SMILES string of the molecule is Fc1cc2c(cc1C1CCC(c3cc4[nH]c(C5CCCN5)nc4cc3F)N1c1cc(F)c(N3CCCCC3)c(F)c1)N=C(C1CCCN1)CCC2. The van der Waals surface area contributed by atoms with Crippen molar-refractivity contribution in [1.29, 1.82) is 0 Å². The van der Waals surface area contributed by atoms with Crippen molar-refractivity contribution in [3.05, 3.63) is 82.2 Å². The Morgan fingerprint density at radius 2 is 1.33 bits per heavy atom. The van der Waals surface area contributed by atoms with Crippen LogP contribution in [0.1, 0.15) is 111 Å². The van der Waals surface area contributed by atoms with Gasteiger partial charge in [-0.15, -0.1) is 0 Å². The van der Waals surface area contributed by atoms with Gasteiger partial charge in [0.05, 0.1) is 34.8 Å². The molecule has 6 heterocycles. The maximum Gasteiger partial charge on any atom is 0.151 e. The van der Waals surface area contributed by atoms with E-state index >= 15 is 17.6 Å². The number of imidazole rings is 1. The Balaban J connectivity index is 1.14. The summed E-state index contributed by atoms with van der Waals surface area (Å²) in [5, 5.41) is 7.00. The summed E-state index contributed by atoms with van der Waals surface area (Å²) >= 11 is 0. The average molecular weight is 700 g/mol.